The van der Waals surface area contributed by atoms with Crippen molar-refractivity contribution >= 4 is 0 Å². The maximum Gasteiger partial charge on any atom is 0.127 e. The van der Waals surface area contributed by atoms with Crippen LogP contribution in [0.25, 0.3) is 0 Å². The van der Waals surface area contributed by atoms with Gasteiger partial charge in [0.25, 0.3) is 0 Å². The Bertz CT molecular complexity index is 587. The lowest BCUT2D eigenvalue weighted by atomic mass is 10.0. The number of hydrogen-bond donors (Lipinski definition) is 2. The SMILES string of the molecule is CCn1nc(C)cc1C(NN)c1c(OC)cccc1OC. The minimum atomic E-state index is -0.266. The first-order valence-corrected chi connectivity index (χ1v) is 6.87. The first-order chi connectivity index (χ1) is 10.2. The first-order valence-electron chi connectivity index (χ1n) is 6.87. The predicted molar refractivity (Wildman–Crippen MR) is 81.4 cm³/mol. The van der Waals surface area contributed by atoms with E-state index in [1.54, 1.807) is 14.2 Å². The molecule has 0 fully saturated rings. The van der Waals surface area contributed by atoms with Gasteiger partial charge in [0.1, 0.15) is 11.5 Å². The van der Waals surface area contributed by atoms with Crippen molar-refractivity contribution in [1.82, 2.24) is 15.2 Å². The molecular weight excluding hydrogens is 268 g/mol. The zero-order chi connectivity index (χ0) is 15.4. The fourth-order valence-electron chi connectivity index (χ4n) is 2.53. The van der Waals surface area contributed by atoms with Gasteiger partial charge in [-0.25, -0.2) is 5.43 Å². The van der Waals surface area contributed by atoms with E-state index in [1.807, 2.05) is 42.8 Å². The maximum absolute atomic E-state index is 5.81. The van der Waals surface area contributed by atoms with Crippen LogP contribution in [0.2, 0.25) is 0 Å². The monoisotopic (exact) mass is 290 g/mol. The number of benzene rings is 1. The average Bonchev–Trinajstić information content (AvgIpc) is 2.89. The van der Waals surface area contributed by atoms with Crippen molar-refractivity contribution in [2.75, 3.05) is 14.2 Å². The fraction of sp³-hybridized carbons (Fsp3) is 0.400. The van der Waals surface area contributed by atoms with E-state index in [2.05, 4.69) is 10.5 Å². The third-order valence-corrected chi connectivity index (χ3v) is 3.45. The zero-order valence-electron chi connectivity index (χ0n) is 12.9. The summed E-state index contributed by atoms with van der Waals surface area (Å²) >= 11 is 0. The third-order valence-electron chi connectivity index (χ3n) is 3.45. The van der Waals surface area contributed by atoms with E-state index in [9.17, 15) is 0 Å². The number of aryl methyl sites for hydroxylation is 2. The van der Waals surface area contributed by atoms with E-state index in [1.165, 1.54) is 0 Å². The molecule has 0 saturated heterocycles. The van der Waals surface area contributed by atoms with Gasteiger partial charge in [-0.2, -0.15) is 5.10 Å². The molecule has 21 heavy (non-hydrogen) atoms. The van der Waals surface area contributed by atoms with Gasteiger partial charge in [-0.1, -0.05) is 6.07 Å². The Morgan fingerprint density at radius 3 is 2.38 bits per heavy atom. The average molecular weight is 290 g/mol. The molecule has 0 saturated carbocycles. The van der Waals surface area contributed by atoms with Gasteiger partial charge in [0, 0.05) is 6.54 Å². The van der Waals surface area contributed by atoms with E-state index < -0.39 is 0 Å². The number of methoxy groups -OCH3 is 2. The van der Waals surface area contributed by atoms with E-state index in [0.29, 0.717) is 0 Å². The van der Waals surface area contributed by atoms with Gasteiger partial charge >= 0.3 is 0 Å². The summed E-state index contributed by atoms with van der Waals surface area (Å²) in [7, 11) is 3.27. The van der Waals surface area contributed by atoms with Crippen molar-refractivity contribution < 1.29 is 9.47 Å². The molecule has 1 heterocycles. The summed E-state index contributed by atoms with van der Waals surface area (Å²) in [5.74, 6) is 7.26. The summed E-state index contributed by atoms with van der Waals surface area (Å²) in [5, 5.41) is 4.47. The van der Waals surface area contributed by atoms with Crippen LogP contribution < -0.4 is 20.7 Å². The van der Waals surface area contributed by atoms with Gasteiger partial charge in [-0.05, 0) is 32.0 Å². The van der Waals surface area contributed by atoms with Gasteiger partial charge in [0.15, 0.2) is 0 Å². The van der Waals surface area contributed by atoms with Crippen LogP contribution in [0.3, 0.4) is 0 Å². The highest BCUT2D eigenvalue weighted by Gasteiger charge is 2.25. The molecule has 6 heteroatoms. The van der Waals surface area contributed by atoms with Crippen LogP contribution in [0.1, 0.15) is 29.9 Å². The molecule has 1 unspecified atom stereocenters. The highest BCUT2D eigenvalue weighted by Crippen LogP contribution is 2.37. The summed E-state index contributed by atoms with van der Waals surface area (Å²) in [6.45, 7) is 4.77. The van der Waals surface area contributed by atoms with Crippen molar-refractivity contribution in [3.63, 3.8) is 0 Å². The quantitative estimate of drug-likeness (QED) is 0.626. The van der Waals surface area contributed by atoms with Gasteiger partial charge in [-0.3, -0.25) is 10.5 Å². The van der Waals surface area contributed by atoms with E-state index >= 15 is 0 Å². The molecule has 6 nitrogen and oxygen atoms in total. The third kappa shape index (κ3) is 2.86. The van der Waals surface area contributed by atoms with Gasteiger partial charge < -0.3 is 9.47 Å². The zero-order valence-corrected chi connectivity index (χ0v) is 12.9. The van der Waals surface area contributed by atoms with Crippen LogP contribution in [-0.4, -0.2) is 24.0 Å². The number of ether oxygens (including phenoxy) is 2. The summed E-state index contributed by atoms with van der Waals surface area (Å²) in [5.41, 5.74) is 5.63. The number of nitrogens with two attached hydrogens (primary N) is 1. The van der Waals surface area contributed by atoms with E-state index in [-0.39, 0.29) is 6.04 Å². The topological polar surface area (TPSA) is 74.3 Å². The summed E-state index contributed by atoms with van der Waals surface area (Å²) in [6, 6.07) is 7.41. The van der Waals surface area contributed by atoms with Crippen molar-refractivity contribution in [2.45, 2.75) is 26.4 Å². The standard InChI is InChI=1S/C15H22N4O2/c1-5-19-11(9-10(2)18-19)15(17-16)14-12(20-3)7-6-8-13(14)21-4/h6-9,15,17H,5,16H2,1-4H3. The smallest absolute Gasteiger partial charge is 0.127 e. The van der Waals surface area contributed by atoms with Crippen LogP contribution in [0.4, 0.5) is 0 Å². The van der Waals surface area contributed by atoms with Crippen molar-refractivity contribution in [1.29, 1.82) is 0 Å². The maximum atomic E-state index is 5.81. The Hall–Kier alpha value is -2.05. The largest absolute Gasteiger partial charge is 0.496 e. The Kier molecular flexibility index (Phi) is 4.82. The van der Waals surface area contributed by atoms with E-state index in [4.69, 9.17) is 15.3 Å². The lowest BCUT2D eigenvalue weighted by molar-refractivity contribution is 0.374. The molecule has 3 N–H and O–H groups in total. The molecule has 0 amide bonds. The predicted octanol–water partition coefficient (Wildman–Crippen LogP) is 1.78. The molecule has 0 spiro atoms. The van der Waals surface area contributed by atoms with Gasteiger partial charge in [0.2, 0.25) is 0 Å². The summed E-state index contributed by atoms with van der Waals surface area (Å²) in [4.78, 5) is 0. The van der Waals surface area contributed by atoms with Crippen LogP contribution in [0, 0.1) is 6.92 Å². The molecule has 1 atom stereocenters. The molecule has 0 aliphatic heterocycles. The van der Waals surface area contributed by atoms with Gasteiger partial charge in [-0.15, -0.1) is 0 Å². The molecular formula is C15H22N4O2. The number of rotatable bonds is 6. The Morgan fingerprint density at radius 1 is 1.29 bits per heavy atom. The lowest BCUT2D eigenvalue weighted by Crippen LogP contribution is -2.31. The second-order valence-electron chi connectivity index (χ2n) is 4.70. The molecule has 0 bridgehead atoms. The normalized spacial score (nSPS) is 12.2. The minimum absolute atomic E-state index is 0.266. The minimum Gasteiger partial charge on any atom is -0.496 e. The molecule has 114 valence electrons. The Balaban J connectivity index is 2.60. The van der Waals surface area contributed by atoms with Crippen LogP contribution in [0.15, 0.2) is 24.3 Å². The molecule has 0 aliphatic carbocycles. The lowest BCUT2D eigenvalue weighted by Gasteiger charge is -2.22. The Morgan fingerprint density at radius 2 is 1.90 bits per heavy atom. The van der Waals surface area contributed by atoms with Crippen LogP contribution >= 0.6 is 0 Å². The summed E-state index contributed by atoms with van der Waals surface area (Å²) in [6.07, 6.45) is 0. The highest BCUT2D eigenvalue weighted by molar-refractivity contribution is 5.49. The molecule has 1 aromatic carbocycles. The highest BCUT2D eigenvalue weighted by atomic mass is 16.5. The molecule has 0 aliphatic rings. The number of hydrazine groups is 1. The van der Waals surface area contributed by atoms with Crippen LogP contribution in [0.5, 0.6) is 11.5 Å². The van der Waals surface area contributed by atoms with Gasteiger partial charge in [0.05, 0.1) is 37.2 Å². The molecule has 1 aromatic heterocycles. The van der Waals surface area contributed by atoms with Crippen LogP contribution in [-0.2, 0) is 6.54 Å². The number of nitrogens with zero attached hydrogens (tertiary/aromatic N) is 2. The second kappa shape index (κ2) is 6.60. The van der Waals surface area contributed by atoms with Crippen molar-refractivity contribution in [3.05, 3.63) is 41.2 Å². The van der Waals surface area contributed by atoms with E-state index in [0.717, 1.165) is 35.0 Å². The fourth-order valence-corrected chi connectivity index (χ4v) is 2.53. The van der Waals surface area contributed by atoms with Crippen molar-refractivity contribution in [2.24, 2.45) is 5.84 Å². The molecule has 2 aromatic rings. The number of aromatic nitrogens is 2. The Labute approximate surface area is 124 Å². The number of nitrogens with one attached hydrogen (secondary N) is 1. The first kappa shape index (κ1) is 15.3. The van der Waals surface area contributed by atoms with Crippen molar-refractivity contribution in [3.8, 4) is 11.5 Å². The summed E-state index contributed by atoms with van der Waals surface area (Å²) < 4.78 is 12.9. The second-order valence-corrected chi connectivity index (χ2v) is 4.70. The number of hydrogen-bond acceptors (Lipinski definition) is 5. The molecule has 2 rings (SSSR count). The molecule has 0 radical (unpaired) electrons.